The third-order valence-corrected chi connectivity index (χ3v) is 3.82. The van der Waals surface area contributed by atoms with Gasteiger partial charge in [-0.1, -0.05) is 5.16 Å². The van der Waals surface area contributed by atoms with E-state index in [1.807, 2.05) is 12.1 Å². The summed E-state index contributed by atoms with van der Waals surface area (Å²) in [5.74, 6) is 0.883. The van der Waals surface area contributed by atoms with Gasteiger partial charge in [0.1, 0.15) is 31.3 Å². The fourth-order valence-electron chi connectivity index (χ4n) is 2.52. The number of halogens is 1. The van der Waals surface area contributed by atoms with E-state index in [0.717, 1.165) is 5.56 Å². The van der Waals surface area contributed by atoms with Crippen molar-refractivity contribution in [1.29, 1.82) is 0 Å². The molecule has 2 heterocycles. The molecule has 1 aliphatic heterocycles. The lowest BCUT2D eigenvalue weighted by Crippen LogP contribution is -2.15. The standard InChI is InChI=1S/C19H14FNO5/c20-14-4-1-12(2-5-14)19(22)25-11-15-10-17(26-21-15)13-3-6-16-18(9-13)24-8-7-23-16/h1-6,9-10H,7-8,11H2. The van der Waals surface area contributed by atoms with Crippen LogP contribution in [0.3, 0.4) is 0 Å². The molecule has 1 aliphatic rings. The van der Waals surface area contributed by atoms with E-state index in [0.29, 0.717) is 36.2 Å². The van der Waals surface area contributed by atoms with Gasteiger partial charge in [-0.15, -0.1) is 0 Å². The molecule has 0 spiro atoms. The molecule has 0 amide bonds. The average Bonchev–Trinajstić information content (AvgIpc) is 3.15. The van der Waals surface area contributed by atoms with Crippen LogP contribution in [0.4, 0.5) is 4.39 Å². The van der Waals surface area contributed by atoms with Crippen molar-refractivity contribution in [2.45, 2.75) is 6.61 Å². The third kappa shape index (κ3) is 3.37. The Bertz CT molecular complexity index is 935. The van der Waals surface area contributed by atoms with Crippen LogP contribution in [0.15, 0.2) is 53.1 Å². The first-order chi connectivity index (χ1) is 12.7. The minimum Gasteiger partial charge on any atom is -0.486 e. The second-order valence-electron chi connectivity index (χ2n) is 5.62. The molecule has 26 heavy (non-hydrogen) atoms. The van der Waals surface area contributed by atoms with Crippen molar-refractivity contribution in [3.63, 3.8) is 0 Å². The highest BCUT2D eigenvalue weighted by molar-refractivity contribution is 5.89. The summed E-state index contributed by atoms with van der Waals surface area (Å²) in [6.45, 7) is 0.972. The Morgan fingerprint density at radius 3 is 2.62 bits per heavy atom. The van der Waals surface area contributed by atoms with Gasteiger partial charge in [-0.3, -0.25) is 0 Å². The van der Waals surface area contributed by atoms with Gasteiger partial charge >= 0.3 is 5.97 Å². The number of carbonyl (C=O) groups is 1. The molecular weight excluding hydrogens is 341 g/mol. The van der Waals surface area contributed by atoms with Gasteiger partial charge in [0.05, 0.1) is 5.56 Å². The summed E-state index contributed by atoms with van der Waals surface area (Å²) < 4.78 is 34.4. The lowest BCUT2D eigenvalue weighted by molar-refractivity contribution is 0.0464. The Labute approximate surface area is 148 Å². The maximum Gasteiger partial charge on any atom is 0.338 e. The number of aromatic nitrogens is 1. The van der Waals surface area contributed by atoms with Gasteiger partial charge < -0.3 is 18.7 Å². The van der Waals surface area contributed by atoms with Crippen molar-refractivity contribution in [3.05, 3.63) is 65.6 Å². The molecule has 2 aromatic carbocycles. The van der Waals surface area contributed by atoms with Gasteiger partial charge in [0.15, 0.2) is 17.3 Å². The lowest BCUT2D eigenvalue weighted by atomic mass is 10.1. The Hall–Kier alpha value is -3.35. The van der Waals surface area contributed by atoms with Crippen molar-refractivity contribution >= 4 is 5.97 Å². The largest absolute Gasteiger partial charge is 0.486 e. The van der Waals surface area contributed by atoms with E-state index >= 15 is 0 Å². The quantitative estimate of drug-likeness (QED) is 0.666. The molecule has 0 aliphatic carbocycles. The molecule has 0 N–H and O–H groups in total. The molecule has 132 valence electrons. The second-order valence-corrected chi connectivity index (χ2v) is 5.62. The van der Waals surface area contributed by atoms with Gasteiger partial charge in [-0.05, 0) is 42.5 Å². The number of carbonyl (C=O) groups excluding carboxylic acids is 1. The summed E-state index contributed by atoms with van der Waals surface area (Å²) in [7, 11) is 0. The number of benzene rings is 2. The SMILES string of the molecule is O=C(OCc1cc(-c2ccc3c(c2)OCCO3)on1)c1ccc(F)cc1. The van der Waals surface area contributed by atoms with E-state index in [1.54, 1.807) is 12.1 Å². The first-order valence-corrected chi connectivity index (χ1v) is 7.97. The third-order valence-electron chi connectivity index (χ3n) is 3.82. The minimum atomic E-state index is -0.561. The van der Waals surface area contributed by atoms with E-state index < -0.39 is 11.8 Å². The maximum absolute atomic E-state index is 12.9. The Morgan fingerprint density at radius 2 is 1.81 bits per heavy atom. The fraction of sp³-hybridized carbons (Fsp3) is 0.158. The molecule has 0 fully saturated rings. The molecule has 0 unspecified atom stereocenters. The van der Waals surface area contributed by atoms with Crippen molar-refractivity contribution in [2.75, 3.05) is 13.2 Å². The molecule has 7 heteroatoms. The number of rotatable bonds is 4. The molecule has 0 radical (unpaired) electrons. The van der Waals surface area contributed by atoms with E-state index in [-0.39, 0.29) is 12.2 Å². The van der Waals surface area contributed by atoms with Crippen LogP contribution in [0, 0.1) is 5.82 Å². The number of nitrogens with zero attached hydrogens (tertiary/aromatic N) is 1. The van der Waals surface area contributed by atoms with E-state index in [2.05, 4.69) is 5.16 Å². The lowest BCUT2D eigenvalue weighted by Gasteiger charge is -2.18. The van der Waals surface area contributed by atoms with Crippen LogP contribution in [-0.4, -0.2) is 24.3 Å². The zero-order valence-electron chi connectivity index (χ0n) is 13.6. The van der Waals surface area contributed by atoms with E-state index in [4.69, 9.17) is 18.7 Å². The van der Waals surface area contributed by atoms with Crippen molar-refractivity contribution in [1.82, 2.24) is 5.16 Å². The van der Waals surface area contributed by atoms with Crippen LogP contribution in [0.5, 0.6) is 11.5 Å². The predicted octanol–water partition coefficient (Wildman–Crippen LogP) is 3.61. The summed E-state index contributed by atoms with van der Waals surface area (Å²) in [5.41, 5.74) is 1.50. The van der Waals surface area contributed by atoms with Crippen molar-refractivity contribution in [3.8, 4) is 22.8 Å². The summed E-state index contributed by atoms with van der Waals surface area (Å²) in [5, 5.41) is 3.90. The zero-order chi connectivity index (χ0) is 17.9. The Balaban J connectivity index is 1.43. The second kappa shape index (κ2) is 6.87. The fourth-order valence-corrected chi connectivity index (χ4v) is 2.52. The molecule has 6 nitrogen and oxygen atoms in total. The normalized spacial score (nSPS) is 12.7. The molecule has 3 aromatic rings. The van der Waals surface area contributed by atoms with Crippen LogP contribution in [0.2, 0.25) is 0 Å². The van der Waals surface area contributed by atoms with Gasteiger partial charge in [-0.25, -0.2) is 9.18 Å². The number of fused-ring (bicyclic) bond motifs is 1. The summed E-state index contributed by atoms with van der Waals surface area (Å²) >= 11 is 0. The van der Waals surface area contributed by atoms with Crippen LogP contribution >= 0.6 is 0 Å². The molecule has 0 bridgehead atoms. The molecule has 0 saturated heterocycles. The van der Waals surface area contributed by atoms with Gasteiger partial charge in [0, 0.05) is 11.6 Å². The van der Waals surface area contributed by atoms with Gasteiger partial charge in [-0.2, -0.15) is 0 Å². The smallest absolute Gasteiger partial charge is 0.338 e. The summed E-state index contributed by atoms with van der Waals surface area (Å²) in [4.78, 5) is 11.9. The first-order valence-electron chi connectivity index (χ1n) is 7.97. The first kappa shape index (κ1) is 16.1. The van der Waals surface area contributed by atoms with Crippen LogP contribution in [0.1, 0.15) is 16.1 Å². The summed E-state index contributed by atoms with van der Waals surface area (Å²) in [6, 6.07) is 12.3. The van der Waals surface area contributed by atoms with Crippen LogP contribution in [0.25, 0.3) is 11.3 Å². The van der Waals surface area contributed by atoms with Crippen molar-refractivity contribution in [2.24, 2.45) is 0 Å². The average molecular weight is 355 g/mol. The highest BCUT2D eigenvalue weighted by atomic mass is 19.1. The molecule has 0 atom stereocenters. The zero-order valence-corrected chi connectivity index (χ0v) is 13.6. The number of ether oxygens (including phenoxy) is 3. The summed E-state index contributed by atoms with van der Waals surface area (Å²) in [6.07, 6.45) is 0. The Morgan fingerprint density at radius 1 is 1.04 bits per heavy atom. The number of hydrogen-bond donors (Lipinski definition) is 0. The molecule has 0 saturated carbocycles. The highest BCUT2D eigenvalue weighted by Gasteiger charge is 2.15. The molecule has 1 aromatic heterocycles. The predicted molar refractivity (Wildman–Crippen MR) is 88.4 cm³/mol. The molecule has 4 rings (SSSR count). The van der Waals surface area contributed by atoms with Crippen LogP contribution in [-0.2, 0) is 11.3 Å². The molecular formula is C19H14FNO5. The Kier molecular flexibility index (Phi) is 4.27. The number of esters is 1. The van der Waals surface area contributed by atoms with Gasteiger partial charge in [0.2, 0.25) is 0 Å². The monoisotopic (exact) mass is 355 g/mol. The van der Waals surface area contributed by atoms with Crippen molar-refractivity contribution < 1.29 is 27.9 Å². The highest BCUT2D eigenvalue weighted by Crippen LogP contribution is 2.34. The minimum absolute atomic E-state index is 0.0513. The van der Waals surface area contributed by atoms with Gasteiger partial charge in [0.25, 0.3) is 0 Å². The topological polar surface area (TPSA) is 70.8 Å². The maximum atomic E-state index is 12.9. The van der Waals surface area contributed by atoms with E-state index in [9.17, 15) is 9.18 Å². The van der Waals surface area contributed by atoms with Crippen LogP contribution < -0.4 is 9.47 Å². The van der Waals surface area contributed by atoms with E-state index in [1.165, 1.54) is 24.3 Å². The number of hydrogen-bond acceptors (Lipinski definition) is 6.